The van der Waals surface area contributed by atoms with Crippen molar-refractivity contribution in [1.29, 1.82) is 0 Å². The monoisotopic (exact) mass is 379 g/mol. The lowest BCUT2D eigenvalue weighted by Gasteiger charge is -2.62. The van der Waals surface area contributed by atoms with Crippen molar-refractivity contribution in [3.63, 3.8) is 0 Å². The summed E-state index contributed by atoms with van der Waals surface area (Å²) < 4.78 is 5.55. The summed E-state index contributed by atoms with van der Waals surface area (Å²) in [5.74, 6) is 3.19. The van der Waals surface area contributed by atoms with Gasteiger partial charge in [-0.05, 0) is 94.2 Å². The molecule has 6 rings (SSSR count). The highest BCUT2D eigenvalue weighted by atomic mass is 16.5. The molecule has 0 saturated heterocycles. The van der Waals surface area contributed by atoms with Crippen molar-refractivity contribution in [2.45, 2.75) is 71.1 Å². The highest BCUT2D eigenvalue weighted by Crippen LogP contribution is 2.67. The van der Waals surface area contributed by atoms with E-state index in [0.717, 1.165) is 35.3 Å². The van der Waals surface area contributed by atoms with E-state index in [2.05, 4.69) is 29.3 Å². The van der Waals surface area contributed by atoms with Gasteiger partial charge in [0.2, 0.25) is 5.91 Å². The average Bonchev–Trinajstić information content (AvgIpc) is 2.92. The Morgan fingerprint density at radius 1 is 1.21 bits per heavy atom. The zero-order valence-electron chi connectivity index (χ0n) is 17.0. The maximum Gasteiger partial charge on any atom is 0.226 e. The molecule has 4 fully saturated rings. The Morgan fingerprint density at radius 3 is 2.61 bits per heavy atom. The molecule has 0 radical (unpaired) electrons. The third-order valence-electron chi connectivity index (χ3n) is 7.46. The third-order valence-corrected chi connectivity index (χ3v) is 7.46. The number of rotatable bonds is 4. The first kappa shape index (κ1) is 17.9. The van der Waals surface area contributed by atoms with Gasteiger partial charge in [-0.25, -0.2) is 4.98 Å². The van der Waals surface area contributed by atoms with Gasteiger partial charge in [-0.3, -0.25) is 4.79 Å². The minimum absolute atomic E-state index is 0.105. The molecule has 28 heavy (non-hydrogen) atoms. The Labute approximate surface area is 166 Å². The van der Waals surface area contributed by atoms with E-state index in [1.165, 1.54) is 37.7 Å². The molecular weight excluding hydrogens is 350 g/mol. The maximum absolute atomic E-state index is 13.0. The predicted molar refractivity (Wildman–Crippen MR) is 107 cm³/mol. The maximum atomic E-state index is 13.0. The molecule has 1 amide bonds. The van der Waals surface area contributed by atoms with Crippen molar-refractivity contribution in [2.75, 3.05) is 5.32 Å². The number of hydrogen-bond acceptors (Lipinski definition) is 4. The predicted octanol–water partition coefficient (Wildman–Crippen LogP) is 4.86. The summed E-state index contributed by atoms with van der Waals surface area (Å²) in [5, 5.41) is 7.31. The zero-order chi connectivity index (χ0) is 19.5. The molecule has 0 spiro atoms. The molecule has 4 bridgehead atoms. The first-order valence-electron chi connectivity index (χ1n) is 10.5. The van der Waals surface area contributed by atoms with Crippen LogP contribution in [0.25, 0.3) is 0 Å². The molecule has 148 valence electrons. The van der Waals surface area contributed by atoms with Gasteiger partial charge >= 0.3 is 0 Å². The number of carbonyl (C=O) groups is 1. The number of aryl methyl sites for hydroxylation is 3. The summed E-state index contributed by atoms with van der Waals surface area (Å²) in [6.07, 6.45) is 9.60. The Balaban J connectivity index is 1.41. The fraction of sp³-hybridized carbons (Fsp3) is 0.609. The van der Waals surface area contributed by atoms with Gasteiger partial charge in [0.1, 0.15) is 11.6 Å². The molecule has 5 nitrogen and oxygen atoms in total. The molecule has 1 N–H and O–H groups in total. The van der Waals surface area contributed by atoms with E-state index >= 15 is 0 Å². The molecule has 4 saturated carbocycles. The zero-order valence-corrected chi connectivity index (χ0v) is 17.0. The van der Waals surface area contributed by atoms with Crippen LogP contribution in [-0.2, 0) is 10.2 Å². The van der Waals surface area contributed by atoms with Crippen LogP contribution < -0.4 is 5.32 Å². The summed E-state index contributed by atoms with van der Waals surface area (Å²) in [6.45, 7) is 6.15. The van der Waals surface area contributed by atoms with Crippen LogP contribution in [0.5, 0.6) is 0 Å². The molecule has 2 aromatic heterocycles. The number of aromatic nitrogens is 2. The molecule has 2 unspecified atom stereocenters. The second kappa shape index (κ2) is 6.16. The summed E-state index contributed by atoms with van der Waals surface area (Å²) in [7, 11) is 0. The van der Waals surface area contributed by atoms with E-state index in [-0.39, 0.29) is 16.7 Å². The Morgan fingerprint density at radius 2 is 1.96 bits per heavy atom. The Bertz CT molecular complexity index is 898. The van der Waals surface area contributed by atoms with Crippen LogP contribution in [0.2, 0.25) is 0 Å². The van der Waals surface area contributed by atoms with E-state index in [1.807, 2.05) is 19.1 Å². The normalized spacial score (nSPS) is 33.2. The van der Waals surface area contributed by atoms with Gasteiger partial charge in [-0.15, -0.1) is 0 Å². The molecule has 4 atom stereocenters. The van der Waals surface area contributed by atoms with Crippen LogP contribution in [0.3, 0.4) is 0 Å². The largest absolute Gasteiger partial charge is 0.361 e. The number of anilines is 1. The van der Waals surface area contributed by atoms with E-state index in [0.29, 0.717) is 12.2 Å². The molecule has 4 aliphatic rings. The molecular formula is C23H29N3O2. The van der Waals surface area contributed by atoms with Crippen LogP contribution in [0.15, 0.2) is 22.9 Å². The van der Waals surface area contributed by atoms with Gasteiger partial charge in [-0.2, -0.15) is 0 Å². The Kier molecular flexibility index (Phi) is 3.94. The van der Waals surface area contributed by atoms with Gasteiger partial charge in [0, 0.05) is 23.6 Å². The number of nitrogens with zero attached hydrogens (tertiary/aromatic N) is 2. The molecule has 0 aliphatic heterocycles. The van der Waals surface area contributed by atoms with E-state index in [9.17, 15) is 4.79 Å². The topological polar surface area (TPSA) is 68.0 Å². The van der Waals surface area contributed by atoms with Crippen molar-refractivity contribution in [2.24, 2.45) is 17.3 Å². The highest BCUT2D eigenvalue weighted by Gasteiger charge is 2.59. The second-order valence-electron chi connectivity index (χ2n) is 9.88. The third kappa shape index (κ3) is 2.87. The number of carbonyl (C=O) groups excluding carboxylic acids is 1. The first-order valence-corrected chi connectivity index (χ1v) is 10.5. The minimum Gasteiger partial charge on any atom is -0.361 e. The summed E-state index contributed by atoms with van der Waals surface area (Å²) in [6, 6.07) is 3.88. The number of nitrogens with one attached hydrogen (secondary N) is 1. The lowest BCUT2D eigenvalue weighted by atomic mass is 9.42. The van der Waals surface area contributed by atoms with Crippen molar-refractivity contribution in [3.05, 3.63) is 40.9 Å². The van der Waals surface area contributed by atoms with Gasteiger partial charge in [-0.1, -0.05) is 5.16 Å². The van der Waals surface area contributed by atoms with E-state index < -0.39 is 0 Å². The molecule has 2 heterocycles. The van der Waals surface area contributed by atoms with Crippen LogP contribution in [0, 0.1) is 38.0 Å². The average molecular weight is 380 g/mol. The van der Waals surface area contributed by atoms with E-state index in [1.54, 1.807) is 6.20 Å². The van der Waals surface area contributed by atoms with E-state index in [4.69, 9.17) is 4.52 Å². The molecule has 4 aliphatic carbocycles. The lowest BCUT2D eigenvalue weighted by Crippen LogP contribution is -2.55. The summed E-state index contributed by atoms with van der Waals surface area (Å²) >= 11 is 0. The SMILES string of the molecule is Cc1ccnc(NC(=O)CC23C[C@H]4C[C@@H](C2)CC(c2c(C)noc2C)(C4)C3)c1. The van der Waals surface area contributed by atoms with Gasteiger partial charge in [0.05, 0.1) is 5.69 Å². The molecule has 2 aromatic rings. The fourth-order valence-electron chi connectivity index (χ4n) is 7.32. The highest BCUT2D eigenvalue weighted by molar-refractivity contribution is 5.90. The van der Waals surface area contributed by atoms with Crippen LogP contribution >= 0.6 is 0 Å². The quantitative estimate of drug-likeness (QED) is 0.823. The van der Waals surface area contributed by atoms with Gasteiger partial charge in [0.15, 0.2) is 0 Å². The smallest absolute Gasteiger partial charge is 0.226 e. The first-order chi connectivity index (χ1) is 13.4. The summed E-state index contributed by atoms with van der Waals surface area (Å²) in [4.78, 5) is 17.2. The fourth-order valence-corrected chi connectivity index (χ4v) is 7.32. The van der Waals surface area contributed by atoms with Crippen molar-refractivity contribution in [3.8, 4) is 0 Å². The summed E-state index contributed by atoms with van der Waals surface area (Å²) in [5.41, 5.74) is 3.75. The van der Waals surface area contributed by atoms with Crippen LogP contribution in [0.4, 0.5) is 5.82 Å². The Hall–Kier alpha value is -2.17. The number of pyridine rings is 1. The standard InChI is InChI=1S/C23H29N3O2/c1-14-4-5-24-19(6-14)25-20(27)12-22-8-17-7-18(9-22)11-23(10-17,13-22)21-15(2)26-28-16(21)3/h4-6,17-18H,7-13H2,1-3H3,(H,24,25,27)/t17-,18+,22?,23?. The lowest BCUT2D eigenvalue weighted by molar-refractivity contribution is -0.126. The van der Waals surface area contributed by atoms with Crippen molar-refractivity contribution >= 4 is 11.7 Å². The molecule has 0 aromatic carbocycles. The van der Waals surface area contributed by atoms with Crippen LogP contribution in [-0.4, -0.2) is 16.0 Å². The van der Waals surface area contributed by atoms with Gasteiger partial charge < -0.3 is 9.84 Å². The van der Waals surface area contributed by atoms with Gasteiger partial charge in [0.25, 0.3) is 0 Å². The number of hydrogen-bond donors (Lipinski definition) is 1. The molecule has 5 heteroatoms. The van der Waals surface area contributed by atoms with Crippen molar-refractivity contribution in [1.82, 2.24) is 10.1 Å². The number of amides is 1. The minimum atomic E-state index is 0.105. The van der Waals surface area contributed by atoms with Crippen LogP contribution in [0.1, 0.15) is 67.5 Å². The second-order valence-corrected chi connectivity index (χ2v) is 9.88. The van der Waals surface area contributed by atoms with Crippen molar-refractivity contribution < 1.29 is 9.32 Å².